The van der Waals surface area contributed by atoms with Gasteiger partial charge in [0, 0.05) is 61.3 Å². The van der Waals surface area contributed by atoms with Gasteiger partial charge in [-0.15, -0.1) is 0 Å². The molecule has 0 saturated heterocycles. The van der Waals surface area contributed by atoms with Crippen LogP contribution in [0.25, 0.3) is 0 Å². The molecule has 0 aliphatic rings. The first-order chi connectivity index (χ1) is 0. The molecule has 0 spiro atoms. The standard InChI is InChI=1S/Mo.H2O.Ti.V/h;1H2;;. The van der Waals surface area contributed by atoms with Crippen LogP contribution in [0.3, 0.4) is 0 Å². The Balaban J connectivity index is 0. The van der Waals surface area contributed by atoms with Crippen LogP contribution in [0.1, 0.15) is 0 Å². The Bertz CT molecular complexity index is 8.00. The van der Waals surface area contributed by atoms with Crippen molar-refractivity contribution in [3.63, 3.8) is 0 Å². The van der Waals surface area contributed by atoms with E-state index in [0.29, 0.717) is 0 Å². The number of hydrogen-bond donors (Lipinski definition) is 0. The smallest absolute Gasteiger partial charge is 0 e. The minimum absolute atomic E-state index is 0. The molecule has 4 heavy (non-hydrogen) atoms. The molecule has 1 nitrogen and oxygen atoms in total. The summed E-state index contributed by atoms with van der Waals surface area (Å²) >= 11 is 0. The summed E-state index contributed by atoms with van der Waals surface area (Å²) in [7, 11) is 0. The maximum atomic E-state index is 0. The summed E-state index contributed by atoms with van der Waals surface area (Å²) in [4.78, 5) is 0. The van der Waals surface area contributed by atoms with Crippen molar-refractivity contribution in [2.45, 2.75) is 0 Å². The second kappa shape index (κ2) is 20.3. The monoisotopic (exact) mass is 215 g/mol. The quantitative estimate of drug-likeness (QED) is 0.470. The molecule has 0 bridgehead atoms. The van der Waals surface area contributed by atoms with E-state index in [1.54, 1.807) is 0 Å². The summed E-state index contributed by atoms with van der Waals surface area (Å²) < 4.78 is 0. The Morgan fingerprint density at radius 3 is 1.00 bits per heavy atom. The van der Waals surface area contributed by atoms with Crippen molar-refractivity contribution < 1.29 is 66.8 Å². The molecule has 2 N–H and O–H groups in total. The predicted octanol–water partition coefficient (Wildman–Crippen LogP) is -0.832. The summed E-state index contributed by atoms with van der Waals surface area (Å²) in [6.07, 6.45) is 0. The van der Waals surface area contributed by atoms with Gasteiger partial charge < -0.3 is 5.48 Å². The van der Waals surface area contributed by atoms with E-state index in [0.717, 1.165) is 0 Å². The normalized spacial score (nSPS) is 0. The Hall–Kier alpha value is 1.95. The van der Waals surface area contributed by atoms with Gasteiger partial charge in [-0.2, -0.15) is 0 Å². The van der Waals surface area contributed by atoms with Crippen molar-refractivity contribution in [2.24, 2.45) is 0 Å². The minimum Gasteiger partial charge on any atom is -0.412 e. The van der Waals surface area contributed by atoms with Gasteiger partial charge in [-0.1, -0.05) is 0 Å². The van der Waals surface area contributed by atoms with Gasteiger partial charge in [0.25, 0.3) is 0 Å². The summed E-state index contributed by atoms with van der Waals surface area (Å²) in [5.41, 5.74) is 0. The molecule has 0 saturated carbocycles. The van der Waals surface area contributed by atoms with E-state index >= 15 is 0 Å². The Morgan fingerprint density at radius 2 is 1.00 bits per heavy atom. The summed E-state index contributed by atoms with van der Waals surface area (Å²) in [6, 6.07) is 0. The SMILES string of the molecule is O.[Mo].[Ti].[V]. The van der Waals surface area contributed by atoms with Crippen molar-refractivity contribution in [3.05, 3.63) is 0 Å². The molecule has 4 heteroatoms. The second-order valence-corrected chi connectivity index (χ2v) is 0. The van der Waals surface area contributed by atoms with Gasteiger partial charge >= 0.3 is 0 Å². The third-order valence-corrected chi connectivity index (χ3v) is 0. The molecule has 0 heterocycles. The van der Waals surface area contributed by atoms with E-state index in [-0.39, 0.29) is 66.8 Å². The molecule has 23 valence electrons. The van der Waals surface area contributed by atoms with Gasteiger partial charge in [-0.25, -0.2) is 0 Å². The average Bonchev–Trinajstić information content (AvgIpc) is 0. The van der Waals surface area contributed by atoms with Crippen LogP contribution < -0.4 is 0 Å². The van der Waals surface area contributed by atoms with Gasteiger partial charge in [0.15, 0.2) is 0 Å². The molecule has 0 amide bonds. The Kier molecular flexibility index (Phi) is 195. The third kappa shape index (κ3) is 9.04. The summed E-state index contributed by atoms with van der Waals surface area (Å²) in [5.74, 6) is 0. The fourth-order valence-corrected chi connectivity index (χ4v) is 0. The second-order valence-electron chi connectivity index (χ2n) is 0. The van der Waals surface area contributed by atoms with Crippen molar-refractivity contribution in [3.8, 4) is 0 Å². The van der Waals surface area contributed by atoms with Crippen LogP contribution in [0.15, 0.2) is 0 Å². The molecule has 0 rings (SSSR count). The van der Waals surface area contributed by atoms with E-state index in [1.807, 2.05) is 0 Å². The first-order valence-corrected chi connectivity index (χ1v) is 0. The molecule has 0 aromatic rings. The molecule has 0 fully saturated rings. The third-order valence-electron chi connectivity index (χ3n) is 0. The van der Waals surface area contributed by atoms with Gasteiger partial charge in [0.05, 0.1) is 0 Å². The topological polar surface area (TPSA) is 31.5 Å². The summed E-state index contributed by atoms with van der Waals surface area (Å²) in [6.45, 7) is 0. The predicted molar refractivity (Wildman–Crippen MR) is 3.61 cm³/mol. The van der Waals surface area contributed by atoms with E-state index in [1.165, 1.54) is 0 Å². The first-order valence-electron chi connectivity index (χ1n) is 0. The molecule has 0 atom stereocenters. The molecular formula is H2MoOTiV. The van der Waals surface area contributed by atoms with Gasteiger partial charge in [-0.3, -0.25) is 0 Å². The van der Waals surface area contributed by atoms with Crippen LogP contribution in [-0.4, -0.2) is 5.48 Å². The van der Waals surface area contributed by atoms with Crippen molar-refractivity contribution >= 4 is 0 Å². The number of hydrogen-bond acceptors (Lipinski definition) is 0. The minimum atomic E-state index is 0. The maximum Gasteiger partial charge on any atom is 0 e. The van der Waals surface area contributed by atoms with Gasteiger partial charge in [0.2, 0.25) is 0 Å². The van der Waals surface area contributed by atoms with Crippen LogP contribution in [0.4, 0.5) is 0 Å². The van der Waals surface area contributed by atoms with Gasteiger partial charge in [-0.05, 0) is 0 Å². The van der Waals surface area contributed by atoms with Crippen LogP contribution in [0, 0.1) is 0 Å². The van der Waals surface area contributed by atoms with Crippen molar-refractivity contribution in [1.29, 1.82) is 0 Å². The molecule has 0 aromatic carbocycles. The van der Waals surface area contributed by atoms with E-state index in [4.69, 9.17) is 0 Å². The van der Waals surface area contributed by atoms with E-state index in [9.17, 15) is 0 Å². The van der Waals surface area contributed by atoms with Crippen molar-refractivity contribution in [1.82, 2.24) is 0 Å². The average molecular weight is 213 g/mol. The van der Waals surface area contributed by atoms with Crippen molar-refractivity contribution in [2.75, 3.05) is 0 Å². The largest absolute Gasteiger partial charge is 0.412 e. The Morgan fingerprint density at radius 1 is 1.00 bits per heavy atom. The zero-order valence-electron chi connectivity index (χ0n) is 1.86. The van der Waals surface area contributed by atoms with Crippen LogP contribution >= 0.6 is 0 Å². The van der Waals surface area contributed by atoms with Gasteiger partial charge in [0.1, 0.15) is 0 Å². The maximum absolute atomic E-state index is 0. The molecule has 0 unspecified atom stereocenters. The molecule has 0 aromatic heterocycles. The fraction of sp³-hybridized carbons (Fsp3) is 0. The van der Waals surface area contributed by atoms with Crippen LogP contribution in [-0.2, 0) is 61.3 Å². The zero-order valence-corrected chi connectivity index (χ0v) is 6.82. The molecule has 0 aliphatic heterocycles. The molecule has 0 aliphatic carbocycles. The molecule has 1 radical (unpaired) electrons. The summed E-state index contributed by atoms with van der Waals surface area (Å²) in [5, 5.41) is 0. The Labute approximate surface area is 66.3 Å². The van der Waals surface area contributed by atoms with E-state index < -0.39 is 0 Å². The first kappa shape index (κ1) is 38.4. The number of rotatable bonds is 0. The van der Waals surface area contributed by atoms with Crippen LogP contribution in [0.5, 0.6) is 0 Å². The fourth-order valence-electron chi connectivity index (χ4n) is 0. The van der Waals surface area contributed by atoms with E-state index in [2.05, 4.69) is 0 Å². The molecular weight excluding hydrogens is 211 g/mol. The zero-order chi connectivity index (χ0) is 0. The van der Waals surface area contributed by atoms with Crippen LogP contribution in [0.2, 0.25) is 0 Å².